The van der Waals surface area contributed by atoms with Crippen molar-refractivity contribution in [1.82, 2.24) is 9.80 Å². The van der Waals surface area contributed by atoms with Crippen LogP contribution in [0, 0.1) is 12.7 Å². The van der Waals surface area contributed by atoms with E-state index in [9.17, 15) is 14.0 Å². The van der Waals surface area contributed by atoms with Gasteiger partial charge in [-0.15, -0.1) is 0 Å². The predicted molar refractivity (Wildman–Crippen MR) is 155 cm³/mol. The molecular formula is C32H38ClFN2O3. The molecule has 0 saturated carbocycles. The first-order valence-corrected chi connectivity index (χ1v) is 13.9. The maximum atomic E-state index is 14.7. The zero-order valence-electron chi connectivity index (χ0n) is 23.7. The van der Waals surface area contributed by atoms with E-state index in [1.54, 1.807) is 28.9 Å². The summed E-state index contributed by atoms with van der Waals surface area (Å²) in [6, 6.07) is 16.9. The van der Waals surface area contributed by atoms with Crippen LogP contribution in [0.1, 0.15) is 69.7 Å². The molecule has 0 N–H and O–H groups in total. The predicted octanol–water partition coefficient (Wildman–Crippen LogP) is 7.82. The maximum Gasteiger partial charge on any atom is 0.410 e. The van der Waals surface area contributed by atoms with Gasteiger partial charge in [0.1, 0.15) is 11.4 Å². The van der Waals surface area contributed by atoms with Gasteiger partial charge in [0.15, 0.2) is 0 Å². The molecule has 1 unspecified atom stereocenters. The van der Waals surface area contributed by atoms with Crippen LogP contribution in [-0.4, -0.2) is 47.5 Å². The van der Waals surface area contributed by atoms with Crippen LogP contribution >= 0.6 is 11.6 Å². The summed E-state index contributed by atoms with van der Waals surface area (Å²) in [5.74, 6) is -0.334. The lowest BCUT2D eigenvalue weighted by Crippen LogP contribution is -2.48. The molecule has 208 valence electrons. The van der Waals surface area contributed by atoms with Crippen LogP contribution in [0.2, 0.25) is 5.02 Å². The van der Waals surface area contributed by atoms with Crippen molar-refractivity contribution in [2.24, 2.45) is 0 Å². The fourth-order valence-electron chi connectivity index (χ4n) is 5.42. The summed E-state index contributed by atoms with van der Waals surface area (Å²) in [6.45, 7) is 10.1. The lowest BCUT2D eigenvalue weighted by molar-refractivity contribution is -0.133. The van der Waals surface area contributed by atoms with Gasteiger partial charge in [-0.3, -0.25) is 4.79 Å². The number of hydrogen-bond acceptors (Lipinski definition) is 3. The van der Waals surface area contributed by atoms with Gasteiger partial charge < -0.3 is 14.5 Å². The first-order valence-electron chi connectivity index (χ1n) is 13.5. The lowest BCUT2D eigenvalue weighted by atomic mass is 9.70. The smallest absolute Gasteiger partial charge is 0.410 e. The first-order chi connectivity index (χ1) is 18.3. The summed E-state index contributed by atoms with van der Waals surface area (Å²) in [4.78, 5) is 30.0. The molecule has 1 atom stereocenters. The highest BCUT2D eigenvalue weighted by Gasteiger charge is 2.41. The molecule has 5 nitrogen and oxygen atoms in total. The second-order valence-electron chi connectivity index (χ2n) is 11.8. The minimum atomic E-state index is -0.603. The Bertz CT molecular complexity index is 1380. The van der Waals surface area contributed by atoms with Crippen molar-refractivity contribution in [3.8, 4) is 0 Å². The number of likely N-dealkylation sites (tertiary alicyclic amines) is 1. The van der Waals surface area contributed by atoms with Crippen molar-refractivity contribution >= 4 is 34.4 Å². The highest BCUT2D eigenvalue weighted by molar-refractivity contribution is 6.31. The van der Waals surface area contributed by atoms with Crippen molar-refractivity contribution in [3.05, 3.63) is 82.1 Å². The normalized spacial score (nSPS) is 16.2. The fourth-order valence-corrected chi connectivity index (χ4v) is 5.66. The van der Waals surface area contributed by atoms with Crippen LogP contribution in [0.4, 0.5) is 9.18 Å². The first kappa shape index (κ1) is 28.9. The van der Waals surface area contributed by atoms with Gasteiger partial charge in [-0.05, 0) is 93.1 Å². The van der Waals surface area contributed by atoms with E-state index in [1.807, 2.05) is 77.2 Å². The number of fused-ring (bicyclic) bond motifs is 1. The molecule has 0 radical (unpaired) electrons. The summed E-state index contributed by atoms with van der Waals surface area (Å²) >= 11 is 6.44. The quantitative estimate of drug-likeness (QED) is 0.324. The third-order valence-electron chi connectivity index (χ3n) is 7.93. The lowest BCUT2D eigenvalue weighted by Gasteiger charge is -2.43. The highest BCUT2D eigenvalue weighted by atomic mass is 35.5. The van der Waals surface area contributed by atoms with Crippen molar-refractivity contribution < 1.29 is 18.7 Å². The minimum Gasteiger partial charge on any atom is -0.444 e. The zero-order valence-corrected chi connectivity index (χ0v) is 24.4. The van der Waals surface area contributed by atoms with Gasteiger partial charge in [0.2, 0.25) is 5.91 Å². The highest BCUT2D eigenvalue weighted by Crippen LogP contribution is 2.41. The molecule has 3 aromatic carbocycles. The Balaban J connectivity index is 1.60. The standard InChI is InChI=1S/C32H38ClFN2O3/c1-21-11-12-24(18-28(21)34)32(13-15-36(16-14-32)30(38)39-31(3,4)5)20-29(37)35(6)22(2)27-19-25(33)17-23-9-7-8-10-26(23)27/h7-12,17-19,22H,13-16,20H2,1-6H3. The fraction of sp³-hybridized carbons (Fsp3) is 0.438. The number of ether oxygens (including phenoxy) is 1. The molecule has 1 saturated heterocycles. The molecule has 0 bridgehead atoms. The van der Waals surface area contributed by atoms with E-state index in [-0.39, 0.29) is 30.3 Å². The summed E-state index contributed by atoms with van der Waals surface area (Å²) in [6.07, 6.45) is 0.902. The van der Waals surface area contributed by atoms with Gasteiger partial charge in [-0.25, -0.2) is 9.18 Å². The van der Waals surface area contributed by atoms with Crippen LogP contribution in [0.5, 0.6) is 0 Å². The second kappa shape index (κ2) is 11.2. The molecule has 1 fully saturated rings. The molecule has 1 aliphatic rings. The number of amides is 2. The SMILES string of the molecule is Cc1ccc(C2(CC(=O)N(C)C(C)c3cc(Cl)cc4ccccc34)CCN(C(=O)OC(C)(C)C)CC2)cc1F. The van der Waals surface area contributed by atoms with E-state index in [0.29, 0.717) is 36.5 Å². The average molecular weight is 553 g/mol. The molecule has 39 heavy (non-hydrogen) atoms. The van der Waals surface area contributed by atoms with Crippen LogP contribution in [-0.2, 0) is 14.9 Å². The van der Waals surface area contributed by atoms with E-state index in [4.69, 9.17) is 16.3 Å². The minimum absolute atomic E-state index is 0.0433. The molecule has 0 aromatic heterocycles. The Labute approximate surface area is 235 Å². The molecule has 0 aliphatic carbocycles. The van der Waals surface area contributed by atoms with Gasteiger partial charge in [-0.2, -0.15) is 0 Å². The van der Waals surface area contributed by atoms with Crippen molar-refractivity contribution in [2.45, 2.75) is 70.9 Å². The van der Waals surface area contributed by atoms with E-state index < -0.39 is 11.0 Å². The Morgan fingerprint density at radius 1 is 1.10 bits per heavy atom. The number of benzene rings is 3. The number of hydrogen-bond donors (Lipinski definition) is 0. The number of halogens is 2. The number of aryl methyl sites for hydroxylation is 1. The van der Waals surface area contributed by atoms with E-state index in [1.165, 1.54) is 0 Å². The van der Waals surface area contributed by atoms with Crippen molar-refractivity contribution in [2.75, 3.05) is 20.1 Å². The number of carbonyl (C=O) groups is 2. The van der Waals surface area contributed by atoms with Crippen LogP contribution in [0.3, 0.4) is 0 Å². The maximum absolute atomic E-state index is 14.7. The van der Waals surface area contributed by atoms with Crippen molar-refractivity contribution in [3.63, 3.8) is 0 Å². The van der Waals surface area contributed by atoms with Gasteiger partial charge in [0.05, 0.1) is 6.04 Å². The number of nitrogens with zero attached hydrogens (tertiary/aromatic N) is 2. The number of rotatable bonds is 5. The molecular weight excluding hydrogens is 515 g/mol. The number of carbonyl (C=O) groups excluding carboxylic acids is 2. The third-order valence-corrected chi connectivity index (χ3v) is 8.15. The largest absolute Gasteiger partial charge is 0.444 e. The Morgan fingerprint density at radius 3 is 2.41 bits per heavy atom. The van der Waals surface area contributed by atoms with E-state index >= 15 is 0 Å². The van der Waals surface area contributed by atoms with E-state index in [0.717, 1.165) is 21.9 Å². The van der Waals surface area contributed by atoms with E-state index in [2.05, 4.69) is 0 Å². The summed E-state index contributed by atoms with van der Waals surface area (Å²) in [7, 11) is 1.81. The Morgan fingerprint density at radius 2 is 1.77 bits per heavy atom. The zero-order chi connectivity index (χ0) is 28.5. The number of piperidine rings is 1. The average Bonchev–Trinajstić information content (AvgIpc) is 2.88. The molecule has 2 amide bonds. The molecule has 7 heteroatoms. The van der Waals surface area contributed by atoms with Crippen LogP contribution < -0.4 is 0 Å². The monoisotopic (exact) mass is 552 g/mol. The topological polar surface area (TPSA) is 49.9 Å². The molecule has 4 rings (SSSR count). The summed E-state index contributed by atoms with van der Waals surface area (Å²) < 4.78 is 20.3. The van der Waals surface area contributed by atoms with Gasteiger partial charge in [0, 0.05) is 37.0 Å². The van der Waals surface area contributed by atoms with Gasteiger partial charge in [-0.1, -0.05) is 48.0 Å². The third kappa shape index (κ3) is 6.38. The molecule has 0 spiro atoms. The molecule has 3 aromatic rings. The molecule has 1 aliphatic heterocycles. The van der Waals surface area contributed by atoms with Gasteiger partial charge >= 0.3 is 6.09 Å². The van der Waals surface area contributed by atoms with Crippen LogP contribution in [0.15, 0.2) is 54.6 Å². The van der Waals surface area contributed by atoms with Gasteiger partial charge in [0.25, 0.3) is 0 Å². The van der Waals surface area contributed by atoms with Crippen molar-refractivity contribution in [1.29, 1.82) is 0 Å². The Hall–Kier alpha value is -3.12. The summed E-state index contributed by atoms with van der Waals surface area (Å²) in [5.41, 5.74) is 1.13. The van der Waals surface area contributed by atoms with Crippen LogP contribution in [0.25, 0.3) is 10.8 Å². The second-order valence-corrected chi connectivity index (χ2v) is 12.2. The Kier molecular flexibility index (Phi) is 8.27. The summed E-state index contributed by atoms with van der Waals surface area (Å²) in [5, 5.41) is 2.70. The molecule has 1 heterocycles.